The van der Waals surface area contributed by atoms with Crippen molar-refractivity contribution in [2.75, 3.05) is 11.9 Å². The molecule has 0 fully saturated rings. The number of nitrogens with one attached hydrogen (secondary N) is 1. The van der Waals surface area contributed by atoms with Crippen LogP contribution in [0.1, 0.15) is 15.9 Å². The van der Waals surface area contributed by atoms with Crippen LogP contribution in [0.5, 0.6) is 0 Å². The summed E-state index contributed by atoms with van der Waals surface area (Å²) in [6.07, 6.45) is 0.416. The maximum absolute atomic E-state index is 13.7. The maximum atomic E-state index is 13.7. The molecule has 0 aliphatic heterocycles. The monoisotopic (exact) mass is 295 g/mol. The Morgan fingerprint density at radius 2 is 1.86 bits per heavy atom. The molecule has 0 bridgehead atoms. The SMILES string of the molecule is O=C(O)c1ccc(NCCc2cccc(F)c2)c(F)c1F. The molecule has 0 unspecified atom stereocenters. The van der Waals surface area contributed by atoms with Crippen LogP contribution in [0.25, 0.3) is 0 Å². The molecule has 0 saturated heterocycles. The van der Waals surface area contributed by atoms with Crippen molar-refractivity contribution in [3.63, 3.8) is 0 Å². The van der Waals surface area contributed by atoms with Crippen molar-refractivity contribution in [2.24, 2.45) is 0 Å². The van der Waals surface area contributed by atoms with Gasteiger partial charge in [-0.3, -0.25) is 0 Å². The molecular weight excluding hydrogens is 283 g/mol. The summed E-state index contributed by atoms with van der Waals surface area (Å²) < 4.78 is 40.1. The van der Waals surface area contributed by atoms with Crippen LogP contribution in [0, 0.1) is 17.5 Å². The molecule has 2 aromatic rings. The first-order chi connectivity index (χ1) is 9.99. The van der Waals surface area contributed by atoms with E-state index in [9.17, 15) is 18.0 Å². The Kier molecular flexibility index (Phi) is 4.47. The summed E-state index contributed by atoms with van der Waals surface area (Å²) >= 11 is 0. The third-order valence-corrected chi connectivity index (χ3v) is 2.93. The van der Waals surface area contributed by atoms with Crippen LogP contribution in [0.3, 0.4) is 0 Å². The lowest BCUT2D eigenvalue weighted by Crippen LogP contribution is -2.10. The molecule has 2 rings (SSSR count). The highest BCUT2D eigenvalue weighted by Gasteiger charge is 2.17. The van der Waals surface area contributed by atoms with Gasteiger partial charge in [0, 0.05) is 6.54 Å². The van der Waals surface area contributed by atoms with Crippen LogP contribution in [0.4, 0.5) is 18.9 Å². The summed E-state index contributed by atoms with van der Waals surface area (Å²) in [5, 5.41) is 11.3. The predicted octanol–water partition coefficient (Wildman–Crippen LogP) is 3.46. The van der Waals surface area contributed by atoms with E-state index < -0.39 is 23.2 Å². The second-order valence-corrected chi connectivity index (χ2v) is 4.40. The first-order valence-electron chi connectivity index (χ1n) is 6.18. The highest BCUT2D eigenvalue weighted by atomic mass is 19.2. The van der Waals surface area contributed by atoms with E-state index in [-0.39, 0.29) is 18.0 Å². The zero-order chi connectivity index (χ0) is 15.4. The number of carboxylic acid groups (broad SMARTS) is 1. The fourth-order valence-electron chi connectivity index (χ4n) is 1.89. The van der Waals surface area contributed by atoms with Crippen molar-refractivity contribution >= 4 is 11.7 Å². The minimum Gasteiger partial charge on any atom is -0.478 e. The molecule has 0 saturated carbocycles. The van der Waals surface area contributed by atoms with E-state index in [0.717, 1.165) is 12.1 Å². The molecule has 2 N–H and O–H groups in total. The third-order valence-electron chi connectivity index (χ3n) is 2.93. The quantitative estimate of drug-likeness (QED) is 0.888. The maximum Gasteiger partial charge on any atom is 0.338 e. The minimum atomic E-state index is -1.53. The van der Waals surface area contributed by atoms with Gasteiger partial charge in [-0.15, -0.1) is 0 Å². The van der Waals surface area contributed by atoms with Gasteiger partial charge in [-0.05, 0) is 36.2 Å². The Morgan fingerprint density at radius 3 is 2.52 bits per heavy atom. The number of benzene rings is 2. The van der Waals surface area contributed by atoms with Crippen LogP contribution in [-0.4, -0.2) is 17.6 Å². The second kappa shape index (κ2) is 6.30. The number of anilines is 1. The zero-order valence-corrected chi connectivity index (χ0v) is 10.9. The molecule has 0 atom stereocenters. The number of hydrogen-bond acceptors (Lipinski definition) is 2. The highest BCUT2D eigenvalue weighted by Crippen LogP contribution is 2.20. The highest BCUT2D eigenvalue weighted by molar-refractivity contribution is 5.88. The Bertz CT molecular complexity index is 674. The predicted molar refractivity (Wildman–Crippen MR) is 71.9 cm³/mol. The van der Waals surface area contributed by atoms with Crippen LogP contribution in [-0.2, 0) is 6.42 Å². The fraction of sp³-hybridized carbons (Fsp3) is 0.133. The van der Waals surface area contributed by atoms with Gasteiger partial charge in [0.25, 0.3) is 0 Å². The molecule has 3 nitrogen and oxygen atoms in total. The number of carboxylic acids is 1. The number of carbonyl (C=O) groups is 1. The Balaban J connectivity index is 2.04. The average Bonchev–Trinajstić information content (AvgIpc) is 2.43. The van der Waals surface area contributed by atoms with Crippen LogP contribution in [0.2, 0.25) is 0 Å². The van der Waals surface area contributed by atoms with Gasteiger partial charge in [-0.25, -0.2) is 18.0 Å². The number of hydrogen-bond donors (Lipinski definition) is 2. The Hall–Kier alpha value is -2.50. The summed E-state index contributed by atoms with van der Waals surface area (Å²) in [6.45, 7) is 0.256. The van der Waals surface area contributed by atoms with Gasteiger partial charge in [0.15, 0.2) is 11.6 Å². The smallest absolute Gasteiger partial charge is 0.338 e. The molecular formula is C15H12F3NO2. The van der Waals surface area contributed by atoms with Crippen molar-refractivity contribution < 1.29 is 23.1 Å². The molecule has 0 amide bonds. The fourth-order valence-corrected chi connectivity index (χ4v) is 1.89. The largest absolute Gasteiger partial charge is 0.478 e. The van der Waals surface area contributed by atoms with E-state index in [1.165, 1.54) is 12.1 Å². The number of halogens is 3. The molecule has 21 heavy (non-hydrogen) atoms. The minimum absolute atomic E-state index is 0.131. The number of rotatable bonds is 5. The summed E-state index contributed by atoms with van der Waals surface area (Å²) in [4.78, 5) is 10.7. The van der Waals surface area contributed by atoms with E-state index in [1.807, 2.05) is 0 Å². The van der Waals surface area contributed by atoms with Gasteiger partial charge in [0.2, 0.25) is 0 Å². The first-order valence-corrected chi connectivity index (χ1v) is 6.18. The van der Waals surface area contributed by atoms with Gasteiger partial charge < -0.3 is 10.4 Å². The molecule has 0 aliphatic rings. The topological polar surface area (TPSA) is 49.3 Å². The van der Waals surface area contributed by atoms with E-state index in [0.29, 0.717) is 12.0 Å². The molecule has 2 aromatic carbocycles. The van der Waals surface area contributed by atoms with Crippen molar-refractivity contribution in [3.05, 3.63) is 65.0 Å². The van der Waals surface area contributed by atoms with E-state index in [2.05, 4.69) is 5.32 Å². The van der Waals surface area contributed by atoms with E-state index in [1.54, 1.807) is 12.1 Å². The lowest BCUT2D eigenvalue weighted by Gasteiger charge is -2.09. The first kappa shape index (κ1) is 14.9. The number of aromatic carboxylic acids is 1. The molecule has 0 aromatic heterocycles. The van der Waals surface area contributed by atoms with Gasteiger partial charge in [-0.2, -0.15) is 0 Å². The summed E-state index contributed by atoms with van der Waals surface area (Å²) in [6, 6.07) is 8.10. The van der Waals surface area contributed by atoms with Crippen molar-refractivity contribution in [3.8, 4) is 0 Å². The van der Waals surface area contributed by atoms with Crippen LogP contribution in [0.15, 0.2) is 36.4 Å². The molecule has 0 heterocycles. The normalized spacial score (nSPS) is 10.4. The van der Waals surface area contributed by atoms with Crippen LogP contribution >= 0.6 is 0 Å². The van der Waals surface area contributed by atoms with E-state index >= 15 is 0 Å². The molecule has 6 heteroatoms. The van der Waals surface area contributed by atoms with Gasteiger partial charge >= 0.3 is 5.97 Å². The third kappa shape index (κ3) is 3.53. The Morgan fingerprint density at radius 1 is 1.10 bits per heavy atom. The molecule has 0 aliphatic carbocycles. The second-order valence-electron chi connectivity index (χ2n) is 4.40. The van der Waals surface area contributed by atoms with Gasteiger partial charge in [-0.1, -0.05) is 12.1 Å². The lowest BCUT2D eigenvalue weighted by atomic mass is 10.1. The Labute approximate surface area is 119 Å². The molecule has 0 radical (unpaired) electrons. The average molecular weight is 295 g/mol. The standard InChI is InChI=1S/C15H12F3NO2/c16-10-3-1-2-9(8-10)6-7-19-12-5-4-11(15(20)21)13(17)14(12)18/h1-5,8,19H,6-7H2,(H,20,21). The van der Waals surface area contributed by atoms with Gasteiger partial charge in [0.1, 0.15) is 5.82 Å². The van der Waals surface area contributed by atoms with Crippen molar-refractivity contribution in [1.82, 2.24) is 0 Å². The molecule has 0 spiro atoms. The van der Waals surface area contributed by atoms with Gasteiger partial charge in [0.05, 0.1) is 11.3 Å². The zero-order valence-electron chi connectivity index (χ0n) is 10.9. The summed E-state index contributed by atoms with van der Waals surface area (Å²) in [7, 11) is 0. The summed E-state index contributed by atoms with van der Waals surface area (Å²) in [5.41, 5.74) is -0.136. The summed E-state index contributed by atoms with van der Waals surface area (Å²) in [5.74, 6) is -4.54. The lowest BCUT2D eigenvalue weighted by molar-refractivity contribution is 0.0690. The van der Waals surface area contributed by atoms with Crippen molar-refractivity contribution in [1.29, 1.82) is 0 Å². The van der Waals surface area contributed by atoms with E-state index in [4.69, 9.17) is 5.11 Å². The molecule has 110 valence electrons. The van der Waals surface area contributed by atoms with Crippen molar-refractivity contribution in [2.45, 2.75) is 6.42 Å². The van der Waals surface area contributed by atoms with Crippen LogP contribution < -0.4 is 5.32 Å².